The fraction of sp³-hybridized carbons (Fsp3) is 0.308. The molecule has 0 saturated carbocycles. The first-order valence-electron chi connectivity index (χ1n) is 5.42. The predicted molar refractivity (Wildman–Crippen MR) is 70.2 cm³/mol. The van der Waals surface area contributed by atoms with E-state index in [1.807, 2.05) is 58.2 Å². The number of hydrogen-bond donors (Lipinski definition) is 0. The highest BCUT2D eigenvalue weighted by Gasteiger charge is 1.95. The van der Waals surface area contributed by atoms with E-state index in [9.17, 15) is 0 Å². The van der Waals surface area contributed by atoms with E-state index in [1.165, 1.54) is 4.88 Å². The summed E-state index contributed by atoms with van der Waals surface area (Å²) >= 11 is 1.71. The van der Waals surface area contributed by atoms with Crippen LogP contribution in [-0.4, -0.2) is 4.98 Å². The van der Waals surface area contributed by atoms with E-state index in [-0.39, 0.29) is 0 Å². The Balaban J connectivity index is 0.000000442. The monoisotopic (exact) mass is 221 g/mol. The van der Waals surface area contributed by atoms with E-state index in [4.69, 9.17) is 0 Å². The Bertz CT molecular complexity index is 314. The van der Waals surface area contributed by atoms with Gasteiger partial charge in [-0.2, -0.15) is 0 Å². The molecule has 0 unspecified atom stereocenters. The molecule has 0 amide bonds. The van der Waals surface area contributed by atoms with Crippen molar-refractivity contribution in [3.05, 3.63) is 41.9 Å². The molecule has 1 nitrogen and oxygen atoms in total. The second-order valence-electron chi connectivity index (χ2n) is 2.19. The van der Waals surface area contributed by atoms with Crippen molar-refractivity contribution >= 4 is 11.3 Å². The Hall–Kier alpha value is -1.15. The molecule has 0 N–H and O–H groups in total. The minimum absolute atomic E-state index is 1.06. The normalized spacial score (nSPS) is 8.00. The first kappa shape index (κ1) is 13.8. The summed E-state index contributed by atoms with van der Waals surface area (Å²) in [5.41, 5.74) is 1.06. The predicted octanol–water partition coefficient (Wildman–Crippen LogP) is 4.86. The summed E-state index contributed by atoms with van der Waals surface area (Å²) < 4.78 is 0. The van der Waals surface area contributed by atoms with Crippen molar-refractivity contribution in [1.29, 1.82) is 0 Å². The van der Waals surface area contributed by atoms with E-state index in [0.29, 0.717) is 0 Å². The van der Waals surface area contributed by atoms with Crippen LogP contribution in [0.2, 0.25) is 0 Å². The van der Waals surface area contributed by atoms with Gasteiger partial charge >= 0.3 is 0 Å². The lowest BCUT2D eigenvalue weighted by molar-refractivity contribution is 1.34. The molecule has 2 rings (SSSR count). The molecule has 2 heteroatoms. The molecule has 0 fully saturated rings. The number of rotatable bonds is 1. The van der Waals surface area contributed by atoms with Gasteiger partial charge in [0.2, 0.25) is 0 Å². The van der Waals surface area contributed by atoms with Crippen molar-refractivity contribution in [1.82, 2.24) is 4.98 Å². The third-order valence-electron chi connectivity index (χ3n) is 1.44. The highest BCUT2D eigenvalue weighted by molar-refractivity contribution is 7.13. The Morgan fingerprint density at radius 2 is 1.67 bits per heavy atom. The Morgan fingerprint density at radius 3 is 2.13 bits per heavy atom. The molecule has 2 aromatic heterocycles. The lowest BCUT2D eigenvalue weighted by atomic mass is 10.3. The van der Waals surface area contributed by atoms with Gasteiger partial charge in [0.1, 0.15) is 0 Å². The standard InChI is InChI=1S/C9H7NS.2C2H6/c1-2-6-10-8(4-1)9-5-3-7-11-9;2*1-2/h1-7H;2*1-2H3. The number of hydrogen-bond acceptors (Lipinski definition) is 2. The third kappa shape index (κ3) is 4.75. The molecule has 0 bridgehead atoms. The van der Waals surface area contributed by atoms with Crippen LogP contribution in [0.3, 0.4) is 0 Å². The Labute approximate surface area is 96.8 Å². The van der Waals surface area contributed by atoms with Gasteiger partial charge in [-0.3, -0.25) is 4.98 Å². The molecule has 0 spiro atoms. The minimum atomic E-state index is 1.06. The van der Waals surface area contributed by atoms with Crippen LogP contribution in [0.15, 0.2) is 41.9 Å². The van der Waals surface area contributed by atoms with Gasteiger partial charge in [-0.15, -0.1) is 11.3 Å². The summed E-state index contributed by atoms with van der Waals surface area (Å²) in [6.45, 7) is 8.00. The topological polar surface area (TPSA) is 12.9 Å². The van der Waals surface area contributed by atoms with E-state index < -0.39 is 0 Å². The zero-order chi connectivity index (χ0) is 11.5. The summed E-state index contributed by atoms with van der Waals surface area (Å²) in [4.78, 5) is 5.46. The maximum Gasteiger partial charge on any atom is 0.0801 e. The van der Waals surface area contributed by atoms with Gasteiger partial charge in [-0.25, -0.2) is 0 Å². The maximum atomic E-state index is 4.23. The highest BCUT2D eigenvalue weighted by atomic mass is 32.1. The summed E-state index contributed by atoms with van der Waals surface area (Å²) in [6.07, 6.45) is 1.81. The van der Waals surface area contributed by atoms with Crippen molar-refractivity contribution in [2.75, 3.05) is 0 Å². The van der Waals surface area contributed by atoms with E-state index in [2.05, 4.69) is 16.4 Å². The third-order valence-corrected chi connectivity index (χ3v) is 2.33. The smallest absolute Gasteiger partial charge is 0.0801 e. The van der Waals surface area contributed by atoms with Crippen molar-refractivity contribution in [2.24, 2.45) is 0 Å². The molecule has 0 atom stereocenters. The number of thiophene rings is 1. The van der Waals surface area contributed by atoms with Crippen molar-refractivity contribution in [3.8, 4) is 10.6 Å². The number of nitrogens with zero attached hydrogens (tertiary/aromatic N) is 1. The summed E-state index contributed by atoms with van der Waals surface area (Å²) in [5.74, 6) is 0. The molecule has 0 aliphatic heterocycles. The summed E-state index contributed by atoms with van der Waals surface area (Å²) in [6, 6.07) is 10.1. The zero-order valence-electron chi connectivity index (χ0n) is 9.90. The molecule has 0 aromatic carbocycles. The van der Waals surface area contributed by atoms with Crippen LogP contribution >= 0.6 is 11.3 Å². The summed E-state index contributed by atoms with van der Waals surface area (Å²) in [7, 11) is 0. The molecule has 0 saturated heterocycles. The van der Waals surface area contributed by atoms with Crippen LogP contribution in [-0.2, 0) is 0 Å². The van der Waals surface area contributed by atoms with E-state index in [1.54, 1.807) is 11.3 Å². The average Bonchev–Trinajstić information content (AvgIpc) is 2.89. The van der Waals surface area contributed by atoms with Crippen LogP contribution in [0.1, 0.15) is 27.7 Å². The molecule has 2 aromatic rings. The van der Waals surface area contributed by atoms with Gasteiger partial charge in [-0.1, -0.05) is 39.8 Å². The van der Waals surface area contributed by atoms with Gasteiger partial charge in [-0.05, 0) is 23.6 Å². The first-order valence-corrected chi connectivity index (χ1v) is 6.30. The fourth-order valence-corrected chi connectivity index (χ4v) is 1.64. The molecule has 0 radical (unpaired) electrons. The van der Waals surface area contributed by atoms with Gasteiger partial charge in [0.25, 0.3) is 0 Å². The minimum Gasteiger partial charge on any atom is -0.255 e. The van der Waals surface area contributed by atoms with Crippen molar-refractivity contribution in [2.45, 2.75) is 27.7 Å². The maximum absolute atomic E-state index is 4.23. The SMILES string of the molecule is CC.CC.c1ccc(-c2cccs2)nc1. The molecular weight excluding hydrogens is 202 g/mol. The Kier molecular flexibility index (Phi) is 8.69. The van der Waals surface area contributed by atoms with Crippen LogP contribution in [0.25, 0.3) is 10.6 Å². The first-order chi connectivity index (χ1) is 7.47. The van der Waals surface area contributed by atoms with Crippen molar-refractivity contribution in [3.63, 3.8) is 0 Å². The lowest BCUT2D eigenvalue weighted by Gasteiger charge is -1.92. The highest BCUT2D eigenvalue weighted by Crippen LogP contribution is 2.21. The van der Waals surface area contributed by atoms with E-state index >= 15 is 0 Å². The van der Waals surface area contributed by atoms with Gasteiger partial charge in [0.15, 0.2) is 0 Å². The number of pyridine rings is 1. The second kappa shape index (κ2) is 9.41. The molecule has 15 heavy (non-hydrogen) atoms. The lowest BCUT2D eigenvalue weighted by Crippen LogP contribution is -1.75. The van der Waals surface area contributed by atoms with Crippen LogP contribution in [0.4, 0.5) is 0 Å². The Morgan fingerprint density at radius 1 is 0.933 bits per heavy atom. The van der Waals surface area contributed by atoms with Gasteiger partial charge in [0, 0.05) is 6.20 Å². The quantitative estimate of drug-likeness (QED) is 0.670. The molecule has 0 aliphatic carbocycles. The van der Waals surface area contributed by atoms with E-state index in [0.717, 1.165) is 5.69 Å². The molecule has 2 heterocycles. The van der Waals surface area contributed by atoms with Gasteiger partial charge in [0.05, 0.1) is 10.6 Å². The fourth-order valence-electron chi connectivity index (χ4n) is 0.933. The number of aromatic nitrogens is 1. The molecule has 0 aliphatic rings. The van der Waals surface area contributed by atoms with Crippen molar-refractivity contribution < 1.29 is 0 Å². The average molecular weight is 221 g/mol. The van der Waals surface area contributed by atoms with Crippen LogP contribution in [0, 0.1) is 0 Å². The molecule has 82 valence electrons. The van der Waals surface area contributed by atoms with Crippen LogP contribution < -0.4 is 0 Å². The summed E-state index contributed by atoms with van der Waals surface area (Å²) in [5, 5.41) is 2.06. The van der Waals surface area contributed by atoms with Crippen LogP contribution in [0.5, 0.6) is 0 Å². The zero-order valence-corrected chi connectivity index (χ0v) is 10.7. The largest absolute Gasteiger partial charge is 0.255 e. The second-order valence-corrected chi connectivity index (χ2v) is 3.14. The molecular formula is C13H19NS. The van der Waals surface area contributed by atoms with Gasteiger partial charge < -0.3 is 0 Å².